The number of allylic oxidation sites excluding steroid dienone is 6. The summed E-state index contributed by atoms with van der Waals surface area (Å²) in [5.74, 6) is 0.761. The van der Waals surface area contributed by atoms with Crippen molar-refractivity contribution in [3.05, 3.63) is 77.4 Å². The molecule has 0 unspecified atom stereocenters. The van der Waals surface area contributed by atoms with Crippen molar-refractivity contribution in [2.75, 3.05) is 0 Å². The number of hydrogen-bond acceptors (Lipinski definition) is 3. The van der Waals surface area contributed by atoms with Gasteiger partial charge in [-0.15, -0.1) is 0 Å². The second-order valence-corrected chi connectivity index (χ2v) is 6.79. The number of hydrogen-bond donors (Lipinski definition) is 0. The van der Waals surface area contributed by atoms with Crippen LogP contribution in [0.5, 0.6) is 0 Å². The third kappa shape index (κ3) is 3.08. The Bertz CT molecular complexity index is 983. The SMILES string of the molecule is C1=CC2=CC=C1C2.Clc1ccc2nc(-n3ccnc3)c([As])nc2c1. The molecule has 0 N–H and O–H groups in total. The van der Waals surface area contributed by atoms with Crippen molar-refractivity contribution in [3.8, 4) is 5.82 Å². The third-order valence-corrected chi connectivity index (χ3v) is 4.63. The number of nitrogens with zero attached hydrogens (tertiary/aromatic N) is 4. The van der Waals surface area contributed by atoms with E-state index in [0.29, 0.717) is 5.02 Å². The number of aromatic nitrogens is 4. The molecule has 4 nitrogen and oxygen atoms in total. The van der Waals surface area contributed by atoms with Crippen LogP contribution >= 0.6 is 11.6 Å². The van der Waals surface area contributed by atoms with Crippen LogP contribution in [0.2, 0.25) is 5.02 Å². The quantitative estimate of drug-likeness (QED) is 0.596. The van der Waals surface area contributed by atoms with Crippen LogP contribution in [0.15, 0.2) is 72.4 Å². The second-order valence-electron chi connectivity index (χ2n) is 5.47. The normalized spacial score (nSPS) is 14.4. The van der Waals surface area contributed by atoms with E-state index in [1.54, 1.807) is 24.7 Å². The molecule has 0 aliphatic heterocycles. The molecule has 0 saturated heterocycles. The standard InChI is InChI=1S/C11H6AsClN4.C7H6/c12-10-11(17-4-3-14-6-17)16-8-2-1-7(13)5-9(8)15-10;1-2-7-4-3-6(1)5-7/h1-6H;1-4H,5H2. The van der Waals surface area contributed by atoms with Crippen molar-refractivity contribution in [1.29, 1.82) is 0 Å². The zero-order valence-electron chi connectivity index (χ0n) is 12.6. The fourth-order valence-corrected chi connectivity index (χ4v) is 3.32. The van der Waals surface area contributed by atoms with Gasteiger partial charge in [0.15, 0.2) is 0 Å². The first-order chi connectivity index (χ1) is 11.7. The molecule has 0 fully saturated rings. The van der Waals surface area contributed by atoms with Gasteiger partial charge >= 0.3 is 111 Å². The van der Waals surface area contributed by atoms with Crippen LogP contribution in [0.4, 0.5) is 0 Å². The molecule has 0 atom stereocenters. The molecule has 2 bridgehead atoms. The predicted molar refractivity (Wildman–Crippen MR) is 97.0 cm³/mol. The molecule has 6 heteroatoms. The van der Waals surface area contributed by atoms with Crippen LogP contribution in [0.3, 0.4) is 0 Å². The van der Waals surface area contributed by atoms with Gasteiger partial charge < -0.3 is 0 Å². The summed E-state index contributed by atoms with van der Waals surface area (Å²) in [6.07, 6.45) is 15.1. The van der Waals surface area contributed by atoms with Gasteiger partial charge in [-0.25, -0.2) is 0 Å². The zero-order valence-corrected chi connectivity index (χ0v) is 15.2. The van der Waals surface area contributed by atoms with Gasteiger partial charge in [0.1, 0.15) is 0 Å². The van der Waals surface area contributed by atoms with Crippen molar-refractivity contribution in [3.63, 3.8) is 0 Å². The maximum atomic E-state index is 5.92. The molecule has 2 aliphatic rings. The molecule has 2 heterocycles. The van der Waals surface area contributed by atoms with Gasteiger partial charge in [0, 0.05) is 0 Å². The molecule has 0 amide bonds. The maximum absolute atomic E-state index is 5.92. The topological polar surface area (TPSA) is 43.6 Å². The van der Waals surface area contributed by atoms with Crippen molar-refractivity contribution < 1.29 is 0 Å². The molecule has 0 saturated carbocycles. The Balaban J connectivity index is 0.000000172. The van der Waals surface area contributed by atoms with Crippen LogP contribution in [0, 0.1) is 0 Å². The summed E-state index contributed by atoms with van der Waals surface area (Å²) in [6.45, 7) is 0. The van der Waals surface area contributed by atoms with Crippen LogP contribution in [0.25, 0.3) is 16.9 Å². The number of rotatable bonds is 1. The second kappa shape index (κ2) is 6.39. The van der Waals surface area contributed by atoms with Gasteiger partial charge in [-0.2, -0.15) is 0 Å². The molecule has 2 aromatic heterocycles. The first-order valence-corrected chi connectivity index (χ1v) is 8.73. The minimum atomic E-state index is 0.661. The number of halogens is 1. The fourth-order valence-electron chi connectivity index (χ4n) is 2.58. The Hall–Kier alpha value is -2.16. The summed E-state index contributed by atoms with van der Waals surface area (Å²) in [4.78, 5) is 13.0. The Morgan fingerprint density at radius 1 is 1.04 bits per heavy atom. The van der Waals surface area contributed by atoms with Crippen molar-refractivity contribution >= 4 is 44.0 Å². The van der Waals surface area contributed by atoms with E-state index in [1.165, 1.54) is 17.6 Å². The molecule has 2 radical (unpaired) electrons. The number of fused-ring (bicyclic) bond motifs is 3. The molecule has 1 aromatic carbocycles. The summed E-state index contributed by atoms with van der Waals surface area (Å²) < 4.78 is 2.61. The molecule has 24 heavy (non-hydrogen) atoms. The van der Waals surface area contributed by atoms with Gasteiger partial charge in [-0.1, -0.05) is 24.3 Å². The van der Waals surface area contributed by atoms with Gasteiger partial charge in [-0.3, -0.25) is 0 Å². The first-order valence-electron chi connectivity index (χ1n) is 7.41. The average molecular weight is 395 g/mol. The van der Waals surface area contributed by atoms with E-state index in [0.717, 1.165) is 21.3 Å². The van der Waals surface area contributed by atoms with Gasteiger partial charge in [0.25, 0.3) is 0 Å². The summed E-state index contributed by atoms with van der Waals surface area (Å²) in [5, 5.41) is 0.661. The first kappa shape index (κ1) is 15.4. The minimum absolute atomic E-state index is 0.661. The van der Waals surface area contributed by atoms with E-state index in [1.807, 2.05) is 16.8 Å². The van der Waals surface area contributed by atoms with E-state index in [9.17, 15) is 0 Å². The Kier molecular flexibility index (Phi) is 4.09. The van der Waals surface area contributed by atoms with Gasteiger partial charge in [0.05, 0.1) is 0 Å². The predicted octanol–water partition coefficient (Wildman–Crippen LogP) is 3.08. The molecular formula is C18H12AsClN4. The fraction of sp³-hybridized carbons (Fsp3) is 0.0556. The van der Waals surface area contributed by atoms with E-state index < -0.39 is 0 Å². The van der Waals surface area contributed by atoms with Crippen molar-refractivity contribution in [2.45, 2.75) is 6.42 Å². The van der Waals surface area contributed by atoms with Crippen LogP contribution in [0.1, 0.15) is 6.42 Å². The van der Waals surface area contributed by atoms with Crippen molar-refractivity contribution in [2.24, 2.45) is 0 Å². The molecule has 2 aliphatic carbocycles. The van der Waals surface area contributed by atoms with Crippen LogP contribution in [-0.4, -0.2) is 36.4 Å². The van der Waals surface area contributed by atoms with Crippen molar-refractivity contribution in [1.82, 2.24) is 19.5 Å². The monoisotopic (exact) mass is 394 g/mol. The zero-order chi connectivity index (χ0) is 16.5. The van der Waals surface area contributed by atoms with E-state index in [2.05, 4.69) is 56.1 Å². The summed E-state index contributed by atoms with van der Waals surface area (Å²) in [7, 11) is 0. The Morgan fingerprint density at radius 2 is 1.83 bits per heavy atom. The molecule has 0 spiro atoms. The average Bonchev–Trinajstić information content (AvgIpc) is 3.34. The van der Waals surface area contributed by atoms with Gasteiger partial charge in [-0.05, 0) is 17.6 Å². The summed E-state index contributed by atoms with van der Waals surface area (Å²) in [5.41, 5.74) is 4.54. The Morgan fingerprint density at radius 3 is 2.42 bits per heavy atom. The summed E-state index contributed by atoms with van der Waals surface area (Å²) in [6, 6.07) is 5.47. The third-order valence-electron chi connectivity index (χ3n) is 3.77. The summed E-state index contributed by atoms with van der Waals surface area (Å²) >= 11 is 8.33. The van der Waals surface area contributed by atoms with Crippen LogP contribution < -0.4 is 4.48 Å². The Labute approximate surface area is 153 Å². The van der Waals surface area contributed by atoms with Gasteiger partial charge in [0.2, 0.25) is 0 Å². The molecule has 5 rings (SSSR count). The number of imidazole rings is 1. The van der Waals surface area contributed by atoms with E-state index in [4.69, 9.17) is 11.6 Å². The van der Waals surface area contributed by atoms with E-state index in [-0.39, 0.29) is 0 Å². The number of benzene rings is 1. The molecule has 116 valence electrons. The van der Waals surface area contributed by atoms with E-state index >= 15 is 0 Å². The molecule has 3 aromatic rings. The van der Waals surface area contributed by atoms with Crippen LogP contribution in [-0.2, 0) is 0 Å². The molecular weight excluding hydrogens is 383 g/mol.